The Labute approximate surface area is 212 Å². The molecule has 0 radical (unpaired) electrons. The molecule has 1 aromatic heterocycles. The number of nitrogens with one attached hydrogen (secondary N) is 2. The number of carbonyl (C=O) groups is 1. The summed E-state index contributed by atoms with van der Waals surface area (Å²) < 4.78 is 28.2. The van der Waals surface area contributed by atoms with Gasteiger partial charge in [-0.1, -0.05) is 30.5 Å². The lowest BCUT2D eigenvalue weighted by molar-refractivity contribution is -0.384. The number of halogens is 3. The topological polar surface area (TPSA) is 100 Å². The summed E-state index contributed by atoms with van der Waals surface area (Å²) in [5.74, 6) is -2.77. The van der Waals surface area contributed by atoms with E-state index in [0.717, 1.165) is 25.7 Å². The molecule has 2 atom stereocenters. The molecule has 3 heterocycles. The predicted molar refractivity (Wildman–Crippen MR) is 133 cm³/mol. The third kappa shape index (κ3) is 4.52. The minimum absolute atomic E-state index is 0.0890. The van der Waals surface area contributed by atoms with Crippen molar-refractivity contribution in [3.8, 4) is 0 Å². The second-order valence-corrected chi connectivity index (χ2v) is 10.4. The Balaban J connectivity index is 1.22. The molecule has 2 N–H and O–H groups in total. The highest BCUT2D eigenvalue weighted by Gasteiger charge is 2.81. The average Bonchev–Trinajstić information content (AvgIpc) is 3.13. The van der Waals surface area contributed by atoms with Crippen LogP contribution in [-0.2, 0) is 0 Å². The van der Waals surface area contributed by atoms with Gasteiger partial charge in [0.2, 0.25) is 0 Å². The third-order valence-corrected chi connectivity index (χ3v) is 8.27. The van der Waals surface area contributed by atoms with Gasteiger partial charge in [0.05, 0.1) is 21.6 Å². The van der Waals surface area contributed by atoms with E-state index in [1.807, 2.05) is 4.90 Å². The number of carbonyl (C=O) groups excluding carboxylic acids is 1. The lowest BCUT2D eigenvalue weighted by Gasteiger charge is -2.34. The first-order chi connectivity index (χ1) is 17.2. The van der Waals surface area contributed by atoms with E-state index >= 15 is 0 Å². The molecule has 1 aromatic carbocycles. The van der Waals surface area contributed by atoms with Gasteiger partial charge < -0.3 is 15.5 Å². The Hall–Kier alpha value is -2.85. The number of pyridine rings is 1. The Kier molecular flexibility index (Phi) is 6.59. The van der Waals surface area contributed by atoms with E-state index in [9.17, 15) is 23.7 Å². The summed E-state index contributed by atoms with van der Waals surface area (Å²) in [7, 11) is 0. The molecular weight excluding hydrogens is 492 g/mol. The van der Waals surface area contributed by atoms with Gasteiger partial charge in [0.25, 0.3) is 17.5 Å². The molecule has 1 saturated carbocycles. The number of hydrogen-bond donors (Lipinski definition) is 2. The van der Waals surface area contributed by atoms with Crippen LogP contribution in [0.4, 0.5) is 26.0 Å². The molecule has 3 fully saturated rings. The number of alkyl halides is 2. The molecule has 11 heteroatoms. The zero-order valence-corrected chi connectivity index (χ0v) is 20.4. The maximum absolute atomic E-state index is 14.1. The molecule has 0 spiro atoms. The fraction of sp³-hybridized carbons (Fsp3) is 0.520. The van der Waals surface area contributed by atoms with Gasteiger partial charge in [0.15, 0.2) is 0 Å². The number of nitro groups is 1. The minimum atomic E-state index is -2.53. The molecule has 0 bridgehead atoms. The summed E-state index contributed by atoms with van der Waals surface area (Å²) in [4.78, 5) is 30.0. The zero-order valence-electron chi connectivity index (χ0n) is 19.7. The molecule has 36 heavy (non-hydrogen) atoms. The summed E-state index contributed by atoms with van der Waals surface area (Å²) in [6.07, 6.45) is 3.89. The van der Waals surface area contributed by atoms with Crippen LogP contribution in [0, 0.1) is 27.4 Å². The Bertz CT molecular complexity index is 1170. The van der Waals surface area contributed by atoms with Crippen molar-refractivity contribution in [3.05, 3.63) is 57.2 Å². The van der Waals surface area contributed by atoms with E-state index in [2.05, 4.69) is 15.6 Å². The SMILES string of the molecule is O=C(Nc1cccc(Cl)n1)c1ccc([N+](=O)[O-])cc1N1CCC(CCCC23CNCC2C3(F)F)CC1. The van der Waals surface area contributed by atoms with E-state index in [1.165, 1.54) is 18.2 Å². The van der Waals surface area contributed by atoms with Crippen LogP contribution in [0.1, 0.15) is 42.5 Å². The first-order valence-corrected chi connectivity index (χ1v) is 12.6. The highest BCUT2D eigenvalue weighted by atomic mass is 35.5. The van der Waals surface area contributed by atoms with Gasteiger partial charge in [-0.3, -0.25) is 14.9 Å². The molecule has 3 aliphatic rings. The van der Waals surface area contributed by atoms with Gasteiger partial charge >= 0.3 is 0 Å². The number of nitrogens with zero attached hydrogens (tertiary/aromatic N) is 3. The Morgan fingerprint density at radius 3 is 2.72 bits per heavy atom. The number of anilines is 2. The number of hydrogen-bond acceptors (Lipinski definition) is 6. The van der Waals surface area contributed by atoms with E-state index < -0.39 is 28.1 Å². The number of benzene rings is 1. The van der Waals surface area contributed by atoms with E-state index in [-0.39, 0.29) is 16.7 Å². The lowest BCUT2D eigenvalue weighted by Crippen LogP contribution is -2.35. The number of non-ortho nitro benzene ring substituents is 1. The summed E-state index contributed by atoms with van der Waals surface area (Å²) in [6.45, 7) is 2.09. The van der Waals surface area contributed by atoms with Crippen LogP contribution in [0.3, 0.4) is 0 Å². The molecule has 1 amide bonds. The van der Waals surface area contributed by atoms with Gasteiger partial charge in [-0.2, -0.15) is 0 Å². The summed E-state index contributed by atoms with van der Waals surface area (Å²) in [5.41, 5.74) is -0.111. The van der Waals surface area contributed by atoms with Crippen molar-refractivity contribution < 1.29 is 18.5 Å². The first-order valence-electron chi connectivity index (χ1n) is 12.3. The third-order valence-electron chi connectivity index (χ3n) is 8.06. The monoisotopic (exact) mass is 519 g/mol. The molecule has 2 saturated heterocycles. The van der Waals surface area contributed by atoms with Gasteiger partial charge in [0, 0.05) is 44.2 Å². The molecule has 192 valence electrons. The van der Waals surface area contributed by atoms with Gasteiger partial charge in [-0.05, 0) is 43.4 Å². The van der Waals surface area contributed by atoms with Crippen LogP contribution in [0.25, 0.3) is 0 Å². The normalized spacial score (nSPS) is 24.9. The van der Waals surface area contributed by atoms with Crippen molar-refractivity contribution in [2.24, 2.45) is 17.3 Å². The van der Waals surface area contributed by atoms with E-state index in [0.29, 0.717) is 49.8 Å². The Morgan fingerprint density at radius 1 is 1.28 bits per heavy atom. The van der Waals surface area contributed by atoms with Crippen molar-refractivity contribution in [3.63, 3.8) is 0 Å². The van der Waals surface area contributed by atoms with Gasteiger partial charge in [0.1, 0.15) is 11.0 Å². The predicted octanol–water partition coefficient (Wildman–Crippen LogP) is 5.14. The quantitative estimate of drug-likeness (QED) is 0.285. The van der Waals surface area contributed by atoms with E-state index in [1.54, 1.807) is 18.2 Å². The second-order valence-electron chi connectivity index (χ2n) is 10.0. The molecule has 5 rings (SSSR count). The smallest absolute Gasteiger partial charge is 0.271 e. The standard InChI is InChI=1S/C25H28ClF2N5O3/c26-21-4-1-5-22(30-21)31-23(34)18-7-6-17(33(35)36)13-19(18)32-11-8-16(9-12-32)3-2-10-24-15-29-14-20(24)25(24,27)28/h1,4-7,13,16,20,29H,2-3,8-12,14-15H2,(H,30,31,34). The molecule has 2 unspecified atom stereocenters. The number of fused-ring (bicyclic) bond motifs is 1. The zero-order chi connectivity index (χ0) is 25.5. The van der Waals surface area contributed by atoms with Crippen molar-refractivity contribution in [1.29, 1.82) is 0 Å². The highest BCUT2D eigenvalue weighted by Crippen LogP contribution is 2.70. The number of rotatable bonds is 8. The van der Waals surface area contributed by atoms with Crippen molar-refractivity contribution in [1.82, 2.24) is 10.3 Å². The molecule has 2 aromatic rings. The van der Waals surface area contributed by atoms with Crippen LogP contribution in [-0.4, -0.2) is 47.9 Å². The highest BCUT2D eigenvalue weighted by molar-refractivity contribution is 6.29. The van der Waals surface area contributed by atoms with Crippen molar-refractivity contribution >= 4 is 34.7 Å². The van der Waals surface area contributed by atoms with Crippen LogP contribution >= 0.6 is 11.6 Å². The maximum Gasteiger partial charge on any atom is 0.271 e. The molecular formula is C25H28ClF2N5O3. The van der Waals surface area contributed by atoms with Gasteiger partial charge in [-0.25, -0.2) is 13.8 Å². The molecule has 8 nitrogen and oxygen atoms in total. The summed E-state index contributed by atoms with van der Waals surface area (Å²) in [6, 6.07) is 9.08. The maximum atomic E-state index is 14.1. The van der Waals surface area contributed by atoms with Gasteiger partial charge in [-0.15, -0.1) is 0 Å². The molecule has 1 aliphatic carbocycles. The van der Waals surface area contributed by atoms with Crippen molar-refractivity contribution in [2.45, 2.75) is 38.0 Å². The largest absolute Gasteiger partial charge is 0.371 e. The average molecular weight is 520 g/mol. The fourth-order valence-electron chi connectivity index (χ4n) is 5.94. The first kappa shape index (κ1) is 24.8. The lowest BCUT2D eigenvalue weighted by atomic mass is 9.88. The van der Waals surface area contributed by atoms with Crippen LogP contribution in [0.5, 0.6) is 0 Å². The number of piperidine rings is 2. The van der Waals surface area contributed by atoms with Crippen molar-refractivity contribution in [2.75, 3.05) is 36.4 Å². The number of aromatic nitrogens is 1. The van der Waals surface area contributed by atoms with E-state index in [4.69, 9.17) is 11.6 Å². The minimum Gasteiger partial charge on any atom is -0.371 e. The van der Waals surface area contributed by atoms with Crippen LogP contribution < -0.4 is 15.5 Å². The van der Waals surface area contributed by atoms with Crippen LogP contribution in [0.15, 0.2) is 36.4 Å². The fourth-order valence-corrected chi connectivity index (χ4v) is 6.11. The number of nitro benzene ring substituents is 1. The van der Waals surface area contributed by atoms with Crippen LogP contribution in [0.2, 0.25) is 5.15 Å². The molecule has 2 aliphatic heterocycles. The summed E-state index contributed by atoms with van der Waals surface area (Å²) in [5, 5.41) is 17.4. The Morgan fingerprint density at radius 2 is 2.06 bits per heavy atom. The summed E-state index contributed by atoms with van der Waals surface area (Å²) >= 11 is 5.91. The second kappa shape index (κ2) is 9.55. The number of amides is 1.